The molecule has 4 amide bonds. The number of amides is 4. The molecular formula is C31H26N2O9. The highest BCUT2D eigenvalue weighted by Gasteiger charge is 2.37. The van der Waals surface area contributed by atoms with Crippen LogP contribution in [0.5, 0.6) is 23.0 Å². The van der Waals surface area contributed by atoms with Gasteiger partial charge in [0.15, 0.2) is 23.0 Å². The number of ether oxygens (including phenoxy) is 4. The molecule has 5 rings (SSSR count). The molecule has 1 fully saturated rings. The maximum atomic E-state index is 13.5. The summed E-state index contributed by atoms with van der Waals surface area (Å²) < 4.78 is 22.6. The Kier molecular flexibility index (Phi) is 7.91. The Labute approximate surface area is 240 Å². The number of anilines is 1. The first-order chi connectivity index (χ1) is 20.3. The number of urea groups is 1. The second-order valence-corrected chi connectivity index (χ2v) is 9.22. The number of fused-ring (bicyclic) bond motifs is 1. The maximum Gasteiger partial charge on any atom is 0.335 e. The fraction of sp³-hybridized carbons (Fsp3) is 0.161. The number of nitrogens with zero attached hydrogens (tertiary/aromatic N) is 1. The average Bonchev–Trinajstić information content (AvgIpc) is 3.43. The number of imide groups is 2. The Morgan fingerprint density at radius 3 is 2.52 bits per heavy atom. The van der Waals surface area contributed by atoms with Crippen molar-refractivity contribution in [3.8, 4) is 23.0 Å². The van der Waals surface area contributed by atoms with Crippen molar-refractivity contribution in [1.29, 1.82) is 0 Å². The zero-order chi connectivity index (χ0) is 29.8. The van der Waals surface area contributed by atoms with Gasteiger partial charge in [-0.05, 0) is 66.9 Å². The Bertz CT molecular complexity index is 1630. The molecule has 11 heteroatoms. The van der Waals surface area contributed by atoms with E-state index in [1.165, 1.54) is 30.3 Å². The summed E-state index contributed by atoms with van der Waals surface area (Å²) >= 11 is 0. The first kappa shape index (κ1) is 28.0. The summed E-state index contributed by atoms with van der Waals surface area (Å²) in [5, 5.41) is 11.3. The molecule has 2 aliphatic heterocycles. The summed E-state index contributed by atoms with van der Waals surface area (Å²) in [6, 6.07) is 13.4. The van der Waals surface area contributed by atoms with Gasteiger partial charge in [0.1, 0.15) is 12.2 Å². The number of barbiturate groups is 1. The summed E-state index contributed by atoms with van der Waals surface area (Å²) in [4.78, 5) is 50.9. The van der Waals surface area contributed by atoms with Crippen molar-refractivity contribution in [2.75, 3.05) is 18.3 Å². The lowest BCUT2D eigenvalue weighted by Crippen LogP contribution is -2.54. The summed E-state index contributed by atoms with van der Waals surface area (Å²) in [5.74, 6) is -0.998. The van der Waals surface area contributed by atoms with Crippen LogP contribution in [-0.2, 0) is 22.6 Å². The number of benzene rings is 3. The molecule has 3 aromatic rings. The highest BCUT2D eigenvalue weighted by atomic mass is 16.7. The first-order valence-corrected chi connectivity index (χ1v) is 13.0. The lowest BCUT2D eigenvalue weighted by atomic mass is 10.0. The number of hydrogen-bond acceptors (Lipinski definition) is 8. The van der Waals surface area contributed by atoms with Crippen LogP contribution < -0.4 is 29.2 Å². The van der Waals surface area contributed by atoms with E-state index >= 15 is 0 Å². The van der Waals surface area contributed by atoms with Gasteiger partial charge in [-0.1, -0.05) is 18.2 Å². The maximum absolute atomic E-state index is 13.5. The van der Waals surface area contributed by atoms with E-state index in [0.29, 0.717) is 47.2 Å². The van der Waals surface area contributed by atoms with Gasteiger partial charge >= 0.3 is 12.0 Å². The number of hydrogen-bond donors (Lipinski definition) is 2. The smallest absolute Gasteiger partial charge is 0.335 e. The third kappa shape index (κ3) is 5.66. The van der Waals surface area contributed by atoms with Crippen molar-refractivity contribution in [2.24, 2.45) is 0 Å². The zero-order valence-corrected chi connectivity index (χ0v) is 22.5. The van der Waals surface area contributed by atoms with Crippen LogP contribution in [0, 0.1) is 0 Å². The Morgan fingerprint density at radius 2 is 1.81 bits per heavy atom. The fourth-order valence-corrected chi connectivity index (χ4v) is 4.48. The van der Waals surface area contributed by atoms with E-state index < -0.39 is 23.8 Å². The molecule has 0 spiro atoms. The summed E-state index contributed by atoms with van der Waals surface area (Å²) in [6.45, 7) is 6.09. The quantitative estimate of drug-likeness (QED) is 0.205. The van der Waals surface area contributed by atoms with Crippen molar-refractivity contribution in [3.05, 3.63) is 95.1 Å². The molecule has 2 aliphatic rings. The highest BCUT2D eigenvalue weighted by Crippen LogP contribution is 2.38. The molecule has 3 aromatic carbocycles. The second kappa shape index (κ2) is 11.9. The lowest BCUT2D eigenvalue weighted by molar-refractivity contribution is -0.122. The van der Waals surface area contributed by atoms with Gasteiger partial charge < -0.3 is 24.1 Å². The van der Waals surface area contributed by atoms with Gasteiger partial charge in [-0.15, -0.1) is 6.58 Å². The molecule has 2 N–H and O–H groups in total. The van der Waals surface area contributed by atoms with E-state index in [2.05, 4.69) is 11.9 Å². The predicted octanol–water partition coefficient (Wildman–Crippen LogP) is 4.49. The van der Waals surface area contributed by atoms with Crippen LogP contribution >= 0.6 is 0 Å². The third-order valence-electron chi connectivity index (χ3n) is 6.43. The number of carboxylic acid groups (broad SMARTS) is 1. The Hall–Kier alpha value is -5.58. The molecule has 0 saturated carbocycles. The van der Waals surface area contributed by atoms with Crippen molar-refractivity contribution in [2.45, 2.75) is 20.0 Å². The number of carboxylic acids is 1. The molecule has 0 bridgehead atoms. The topological polar surface area (TPSA) is 141 Å². The van der Waals surface area contributed by atoms with E-state index in [-0.39, 0.29) is 30.2 Å². The molecule has 42 heavy (non-hydrogen) atoms. The molecule has 0 atom stereocenters. The van der Waals surface area contributed by atoms with Crippen LogP contribution in [0.1, 0.15) is 34.0 Å². The van der Waals surface area contributed by atoms with Crippen LogP contribution in [0.2, 0.25) is 0 Å². The van der Waals surface area contributed by atoms with E-state index in [4.69, 9.17) is 24.1 Å². The van der Waals surface area contributed by atoms with E-state index in [1.807, 2.05) is 0 Å². The van der Waals surface area contributed by atoms with E-state index in [0.717, 1.165) is 10.5 Å². The van der Waals surface area contributed by atoms with Crippen LogP contribution in [0.3, 0.4) is 0 Å². The molecular weight excluding hydrogens is 544 g/mol. The second-order valence-electron chi connectivity index (χ2n) is 9.22. The van der Waals surface area contributed by atoms with E-state index in [9.17, 15) is 19.2 Å². The van der Waals surface area contributed by atoms with Gasteiger partial charge in [0, 0.05) is 11.6 Å². The van der Waals surface area contributed by atoms with Crippen LogP contribution in [0.15, 0.2) is 72.8 Å². The minimum Gasteiger partial charge on any atom is -0.490 e. The number of allylic oxidation sites excluding steroid dienone is 1. The molecule has 0 radical (unpaired) electrons. The highest BCUT2D eigenvalue weighted by molar-refractivity contribution is 6.39. The van der Waals surface area contributed by atoms with Gasteiger partial charge in [-0.2, -0.15) is 0 Å². The van der Waals surface area contributed by atoms with Gasteiger partial charge in [-0.3, -0.25) is 14.9 Å². The fourth-order valence-electron chi connectivity index (χ4n) is 4.48. The standard InChI is InChI=1S/C31H26N2O9/c1-3-5-21-12-19(14-26(39-4-2)27(21)40-16-18-6-8-20(9-7-18)30(36)37)13-23-28(34)32-31(38)33(29(23)35)22-10-11-24-25(15-22)42-17-41-24/h3,6-15H,1,4-5,16-17H2,2H3,(H,36,37)(H,32,34,38)/b23-13+. The first-order valence-electron chi connectivity index (χ1n) is 13.0. The number of nitrogens with one attached hydrogen (secondary N) is 1. The van der Waals surface area contributed by atoms with Crippen molar-refractivity contribution in [1.82, 2.24) is 5.32 Å². The van der Waals surface area contributed by atoms with Crippen molar-refractivity contribution in [3.63, 3.8) is 0 Å². The largest absolute Gasteiger partial charge is 0.490 e. The van der Waals surface area contributed by atoms with Crippen LogP contribution in [0.4, 0.5) is 10.5 Å². The molecule has 214 valence electrons. The predicted molar refractivity (Wildman–Crippen MR) is 151 cm³/mol. The number of aromatic carboxylic acids is 1. The number of rotatable bonds is 10. The third-order valence-corrected chi connectivity index (χ3v) is 6.43. The van der Waals surface area contributed by atoms with Gasteiger partial charge in [0.05, 0.1) is 17.9 Å². The molecule has 0 aliphatic carbocycles. The molecule has 0 aromatic heterocycles. The molecule has 0 unspecified atom stereocenters. The monoisotopic (exact) mass is 570 g/mol. The summed E-state index contributed by atoms with van der Waals surface area (Å²) in [5.41, 5.74) is 2.01. The minimum atomic E-state index is -1.02. The van der Waals surface area contributed by atoms with Gasteiger partial charge in [0.25, 0.3) is 11.8 Å². The Morgan fingerprint density at radius 1 is 1.05 bits per heavy atom. The van der Waals surface area contributed by atoms with Crippen molar-refractivity contribution >= 4 is 35.6 Å². The Balaban J connectivity index is 1.47. The van der Waals surface area contributed by atoms with Crippen LogP contribution in [0.25, 0.3) is 6.08 Å². The average molecular weight is 571 g/mol. The summed E-state index contributed by atoms with van der Waals surface area (Å²) in [6.07, 6.45) is 3.44. The zero-order valence-electron chi connectivity index (χ0n) is 22.5. The normalized spacial score (nSPS) is 15.0. The number of carbonyl (C=O) groups is 4. The molecule has 2 heterocycles. The molecule has 11 nitrogen and oxygen atoms in total. The van der Waals surface area contributed by atoms with E-state index in [1.54, 1.807) is 43.3 Å². The number of carbonyl (C=O) groups excluding carboxylic acids is 3. The molecule has 1 saturated heterocycles. The van der Waals surface area contributed by atoms with Gasteiger partial charge in [0.2, 0.25) is 6.79 Å². The minimum absolute atomic E-state index is 0.0223. The van der Waals surface area contributed by atoms with Crippen LogP contribution in [-0.4, -0.2) is 42.3 Å². The summed E-state index contributed by atoms with van der Waals surface area (Å²) in [7, 11) is 0. The van der Waals surface area contributed by atoms with Crippen molar-refractivity contribution < 1.29 is 43.2 Å². The van der Waals surface area contributed by atoms with Gasteiger partial charge in [-0.25, -0.2) is 14.5 Å². The lowest BCUT2D eigenvalue weighted by Gasteiger charge is -2.26. The SMILES string of the molecule is C=CCc1cc(/C=C2\C(=O)NC(=O)N(c3ccc4c(c3)OCO4)C2=O)cc(OCC)c1OCc1ccc(C(=O)O)cc1.